The third-order valence-corrected chi connectivity index (χ3v) is 6.49. The highest BCUT2D eigenvalue weighted by atomic mass is 32.2. The summed E-state index contributed by atoms with van der Waals surface area (Å²) in [4.78, 5) is 0.535. The maximum Gasteiger partial charge on any atom is 0.243 e. The Morgan fingerprint density at radius 1 is 1.40 bits per heavy atom. The van der Waals surface area contributed by atoms with Crippen LogP contribution in [0.25, 0.3) is 0 Å². The fraction of sp³-hybridized carbons (Fsp3) is 0.600. The van der Waals surface area contributed by atoms with Crippen LogP contribution in [-0.4, -0.2) is 32.4 Å². The largest absolute Gasteiger partial charge is 0.312 e. The maximum absolute atomic E-state index is 12.9. The van der Waals surface area contributed by atoms with Crippen molar-refractivity contribution < 1.29 is 8.42 Å². The zero-order valence-electron chi connectivity index (χ0n) is 11.9. The van der Waals surface area contributed by atoms with Gasteiger partial charge in [0.2, 0.25) is 10.0 Å². The number of rotatable bonds is 3. The summed E-state index contributed by atoms with van der Waals surface area (Å²) in [5.74, 6) is 0.519. The molecule has 1 saturated heterocycles. The van der Waals surface area contributed by atoms with Crippen LogP contribution >= 0.6 is 0 Å². The van der Waals surface area contributed by atoms with E-state index in [0.29, 0.717) is 23.9 Å². The quantitative estimate of drug-likeness (QED) is 0.924. The van der Waals surface area contributed by atoms with Crippen molar-refractivity contribution in [2.45, 2.75) is 37.6 Å². The van der Waals surface area contributed by atoms with Crippen LogP contribution in [0, 0.1) is 5.92 Å². The summed E-state index contributed by atoms with van der Waals surface area (Å²) in [7, 11) is -3.32. The van der Waals surface area contributed by atoms with Gasteiger partial charge in [0.05, 0.1) is 4.90 Å². The standard InChI is InChI=1S/C15H22N2O2S/c1-2-12-7-9-17(11-12)20(18,19)15-5-3-4-13-10-16-8-6-14(13)15/h3-5,12,16H,2,6-11H2,1H3. The third-order valence-electron chi connectivity index (χ3n) is 4.54. The Kier molecular flexibility index (Phi) is 3.84. The summed E-state index contributed by atoms with van der Waals surface area (Å²) in [6, 6.07) is 5.67. The molecule has 2 aliphatic rings. The highest BCUT2D eigenvalue weighted by Gasteiger charge is 2.33. The van der Waals surface area contributed by atoms with Gasteiger partial charge in [-0.25, -0.2) is 8.42 Å². The third kappa shape index (κ3) is 2.38. The number of sulfonamides is 1. The summed E-state index contributed by atoms with van der Waals surface area (Å²) in [5, 5.41) is 3.30. The Morgan fingerprint density at radius 2 is 2.25 bits per heavy atom. The number of benzene rings is 1. The van der Waals surface area contributed by atoms with Gasteiger partial charge < -0.3 is 5.32 Å². The fourth-order valence-electron chi connectivity index (χ4n) is 3.23. The van der Waals surface area contributed by atoms with Crippen molar-refractivity contribution in [3.05, 3.63) is 29.3 Å². The van der Waals surface area contributed by atoms with Gasteiger partial charge in [0, 0.05) is 19.6 Å². The second kappa shape index (κ2) is 5.47. The van der Waals surface area contributed by atoms with Crippen LogP contribution in [-0.2, 0) is 23.0 Å². The van der Waals surface area contributed by atoms with Gasteiger partial charge in [-0.3, -0.25) is 0 Å². The Morgan fingerprint density at radius 3 is 3.00 bits per heavy atom. The molecule has 1 aromatic rings. The first-order valence-corrected chi connectivity index (χ1v) is 8.88. The summed E-state index contributed by atoms with van der Waals surface area (Å²) >= 11 is 0. The van der Waals surface area contributed by atoms with E-state index in [1.54, 1.807) is 10.4 Å². The molecule has 5 heteroatoms. The number of hydrogen-bond acceptors (Lipinski definition) is 3. The van der Waals surface area contributed by atoms with Gasteiger partial charge >= 0.3 is 0 Å². The van der Waals surface area contributed by atoms with Gasteiger partial charge in [0.25, 0.3) is 0 Å². The summed E-state index contributed by atoms with van der Waals surface area (Å²) in [6.45, 7) is 5.12. The minimum Gasteiger partial charge on any atom is -0.312 e. The number of nitrogens with zero attached hydrogens (tertiary/aromatic N) is 1. The molecule has 1 N–H and O–H groups in total. The van der Waals surface area contributed by atoms with Crippen molar-refractivity contribution in [1.29, 1.82) is 0 Å². The molecule has 1 atom stereocenters. The molecule has 4 nitrogen and oxygen atoms in total. The van der Waals surface area contributed by atoms with E-state index >= 15 is 0 Å². The molecular weight excluding hydrogens is 272 g/mol. The molecule has 3 rings (SSSR count). The van der Waals surface area contributed by atoms with Crippen LogP contribution in [0.15, 0.2) is 23.1 Å². The van der Waals surface area contributed by atoms with Gasteiger partial charge in [-0.15, -0.1) is 0 Å². The molecule has 0 bridgehead atoms. The van der Waals surface area contributed by atoms with E-state index in [1.165, 1.54) is 0 Å². The van der Waals surface area contributed by atoms with E-state index in [0.717, 1.165) is 43.5 Å². The lowest BCUT2D eigenvalue weighted by Crippen LogP contribution is -2.32. The Labute approximate surface area is 121 Å². The van der Waals surface area contributed by atoms with E-state index in [9.17, 15) is 8.42 Å². The monoisotopic (exact) mass is 294 g/mol. The van der Waals surface area contributed by atoms with Gasteiger partial charge in [-0.05, 0) is 42.5 Å². The summed E-state index contributed by atoms with van der Waals surface area (Å²) in [6.07, 6.45) is 2.85. The Balaban J connectivity index is 1.96. The van der Waals surface area contributed by atoms with Crippen LogP contribution in [0.2, 0.25) is 0 Å². The van der Waals surface area contributed by atoms with Crippen molar-refractivity contribution in [3.63, 3.8) is 0 Å². The molecule has 0 amide bonds. The molecule has 0 spiro atoms. The molecule has 1 aromatic carbocycles. The van der Waals surface area contributed by atoms with Crippen molar-refractivity contribution in [2.75, 3.05) is 19.6 Å². The second-order valence-corrected chi connectivity index (χ2v) is 7.65. The molecule has 0 saturated carbocycles. The smallest absolute Gasteiger partial charge is 0.243 e. The normalized spacial score (nSPS) is 23.8. The highest BCUT2D eigenvalue weighted by molar-refractivity contribution is 7.89. The predicted molar refractivity (Wildman–Crippen MR) is 79.0 cm³/mol. The van der Waals surface area contributed by atoms with Gasteiger partial charge in [0.15, 0.2) is 0 Å². The molecule has 2 heterocycles. The molecule has 1 fully saturated rings. The van der Waals surface area contributed by atoms with Gasteiger partial charge in [-0.2, -0.15) is 4.31 Å². The van der Waals surface area contributed by atoms with Crippen molar-refractivity contribution >= 4 is 10.0 Å². The van der Waals surface area contributed by atoms with E-state index in [4.69, 9.17) is 0 Å². The lowest BCUT2D eigenvalue weighted by molar-refractivity contribution is 0.451. The van der Waals surface area contributed by atoms with E-state index in [2.05, 4.69) is 12.2 Å². The average Bonchev–Trinajstić information content (AvgIpc) is 2.96. The van der Waals surface area contributed by atoms with Crippen molar-refractivity contribution in [3.8, 4) is 0 Å². The average molecular weight is 294 g/mol. The molecule has 0 radical (unpaired) electrons. The topological polar surface area (TPSA) is 49.4 Å². The van der Waals surface area contributed by atoms with E-state index in [-0.39, 0.29) is 0 Å². The first-order valence-electron chi connectivity index (χ1n) is 7.44. The van der Waals surface area contributed by atoms with Crippen LogP contribution in [0.4, 0.5) is 0 Å². The molecule has 0 aliphatic carbocycles. The molecular formula is C15H22N2O2S. The minimum atomic E-state index is -3.32. The number of hydrogen-bond donors (Lipinski definition) is 1. The van der Waals surface area contributed by atoms with Crippen LogP contribution in [0.3, 0.4) is 0 Å². The first kappa shape index (κ1) is 14.0. The number of nitrogens with one attached hydrogen (secondary N) is 1. The van der Waals surface area contributed by atoms with Crippen LogP contribution in [0.1, 0.15) is 30.9 Å². The van der Waals surface area contributed by atoms with Gasteiger partial charge in [0.1, 0.15) is 0 Å². The van der Waals surface area contributed by atoms with Crippen LogP contribution < -0.4 is 5.32 Å². The second-order valence-electron chi connectivity index (χ2n) is 5.75. The summed E-state index contributed by atoms with van der Waals surface area (Å²) in [5.41, 5.74) is 2.15. The zero-order valence-corrected chi connectivity index (χ0v) is 12.7. The zero-order chi connectivity index (χ0) is 14.2. The van der Waals surface area contributed by atoms with E-state index in [1.807, 2.05) is 12.1 Å². The minimum absolute atomic E-state index is 0.519. The Hall–Kier alpha value is -0.910. The van der Waals surface area contributed by atoms with Gasteiger partial charge in [-0.1, -0.05) is 25.5 Å². The van der Waals surface area contributed by atoms with Crippen molar-refractivity contribution in [1.82, 2.24) is 9.62 Å². The SMILES string of the molecule is CCC1CCN(S(=O)(=O)c2cccc3c2CCNC3)C1. The van der Waals surface area contributed by atoms with E-state index < -0.39 is 10.0 Å². The predicted octanol–water partition coefficient (Wildman–Crippen LogP) is 1.75. The maximum atomic E-state index is 12.9. The lowest BCUT2D eigenvalue weighted by atomic mass is 10.0. The fourth-order valence-corrected chi connectivity index (χ4v) is 5.05. The molecule has 20 heavy (non-hydrogen) atoms. The number of fused-ring (bicyclic) bond motifs is 1. The lowest BCUT2D eigenvalue weighted by Gasteiger charge is -2.23. The Bertz CT molecular complexity index is 598. The summed E-state index contributed by atoms with van der Waals surface area (Å²) < 4.78 is 27.4. The molecule has 1 unspecified atom stereocenters. The highest BCUT2D eigenvalue weighted by Crippen LogP contribution is 2.30. The van der Waals surface area contributed by atoms with Crippen LogP contribution in [0.5, 0.6) is 0 Å². The molecule has 110 valence electrons. The first-order chi connectivity index (χ1) is 9.63. The van der Waals surface area contributed by atoms with Crippen molar-refractivity contribution in [2.24, 2.45) is 5.92 Å². The molecule has 2 aliphatic heterocycles. The molecule has 0 aromatic heterocycles.